The van der Waals surface area contributed by atoms with Gasteiger partial charge in [0.15, 0.2) is 6.10 Å². The van der Waals surface area contributed by atoms with Crippen molar-refractivity contribution in [3.63, 3.8) is 0 Å². The molecule has 1 rings (SSSR count). The van der Waals surface area contributed by atoms with E-state index in [4.69, 9.17) is 15.6 Å². The molecular weight excluding hydrogens is 272 g/mol. The monoisotopic (exact) mass is 290 g/mol. The maximum absolute atomic E-state index is 11.4. The lowest BCUT2D eigenvalue weighted by Gasteiger charge is -2.12. The number of hydrogen-bond acceptors (Lipinski definition) is 5. The molecule has 1 aliphatic heterocycles. The quantitative estimate of drug-likeness (QED) is 0.511. The normalized spacial score (nSPS) is 22.1. The third-order valence-corrected chi connectivity index (χ3v) is 3.61. The van der Waals surface area contributed by atoms with Gasteiger partial charge >= 0.3 is 5.97 Å². The summed E-state index contributed by atoms with van der Waals surface area (Å²) in [5, 5.41) is 11.4. The maximum Gasteiger partial charge on any atom is 0.332 e. The first-order valence-electron chi connectivity index (χ1n) is 6.00. The first kappa shape index (κ1) is 15.8. The zero-order valence-electron chi connectivity index (χ0n) is 10.5. The van der Waals surface area contributed by atoms with Gasteiger partial charge in [0.2, 0.25) is 11.8 Å². The number of rotatable bonds is 8. The van der Waals surface area contributed by atoms with Crippen molar-refractivity contribution in [2.45, 2.75) is 31.5 Å². The van der Waals surface area contributed by atoms with Gasteiger partial charge in [-0.25, -0.2) is 4.79 Å². The Balaban J connectivity index is 2.07. The van der Waals surface area contributed by atoms with Gasteiger partial charge in [0.25, 0.3) is 0 Å². The smallest absolute Gasteiger partial charge is 0.332 e. The van der Waals surface area contributed by atoms with Crippen molar-refractivity contribution in [3.8, 4) is 0 Å². The number of carboxylic acids is 1. The third kappa shape index (κ3) is 6.44. The fraction of sp³-hybridized carbons (Fsp3) is 0.727. The number of ether oxygens (including phenoxy) is 1. The molecular formula is C11H18N2O5S. The van der Waals surface area contributed by atoms with Crippen molar-refractivity contribution < 1.29 is 24.2 Å². The van der Waals surface area contributed by atoms with Crippen molar-refractivity contribution >= 4 is 29.5 Å². The summed E-state index contributed by atoms with van der Waals surface area (Å²) >= 11 is 1.31. The standard InChI is InChI=1S/C11H18N2O5S/c12-9(14)6-19-4-3-10(15)13-5-7-1-2-8(18-7)11(16)17/h7-8H,1-6H2,(H2,12,14)(H,13,15)(H,16,17). The molecule has 8 heteroatoms. The van der Waals surface area contributed by atoms with Crippen LogP contribution in [0.25, 0.3) is 0 Å². The lowest BCUT2D eigenvalue weighted by atomic mass is 10.2. The fourth-order valence-electron chi connectivity index (χ4n) is 1.69. The highest BCUT2D eigenvalue weighted by Crippen LogP contribution is 2.19. The van der Waals surface area contributed by atoms with E-state index in [0.29, 0.717) is 31.6 Å². The highest BCUT2D eigenvalue weighted by Gasteiger charge is 2.30. The van der Waals surface area contributed by atoms with Crippen LogP contribution >= 0.6 is 11.8 Å². The fourth-order valence-corrected chi connectivity index (χ4v) is 2.37. The van der Waals surface area contributed by atoms with E-state index in [1.54, 1.807) is 0 Å². The van der Waals surface area contributed by atoms with Crippen molar-refractivity contribution in [1.82, 2.24) is 5.32 Å². The van der Waals surface area contributed by atoms with Gasteiger partial charge in [0, 0.05) is 18.7 Å². The Morgan fingerprint density at radius 2 is 2.11 bits per heavy atom. The summed E-state index contributed by atoms with van der Waals surface area (Å²) in [4.78, 5) is 32.6. The molecule has 0 radical (unpaired) electrons. The zero-order valence-corrected chi connectivity index (χ0v) is 11.3. The number of thioether (sulfide) groups is 1. The van der Waals surface area contributed by atoms with E-state index in [1.807, 2.05) is 0 Å². The first-order valence-corrected chi connectivity index (χ1v) is 7.15. The molecule has 2 amide bonds. The van der Waals surface area contributed by atoms with Gasteiger partial charge in [-0.05, 0) is 12.8 Å². The van der Waals surface area contributed by atoms with Gasteiger partial charge in [0.05, 0.1) is 11.9 Å². The lowest BCUT2D eigenvalue weighted by molar-refractivity contribution is -0.149. The number of carbonyl (C=O) groups excluding carboxylic acids is 2. The van der Waals surface area contributed by atoms with E-state index in [9.17, 15) is 14.4 Å². The number of hydrogen-bond donors (Lipinski definition) is 3. The summed E-state index contributed by atoms with van der Waals surface area (Å²) in [6.45, 7) is 0.323. The van der Waals surface area contributed by atoms with E-state index < -0.39 is 18.0 Å². The molecule has 1 fully saturated rings. The molecule has 0 aromatic carbocycles. The minimum absolute atomic E-state index is 0.139. The molecule has 1 aliphatic rings. The minimum Gasteiger partial charge on any atom is -0.479 e. The van der Waals surface area contributed by atoms with Gasteiger partial charge in [-0.2, -0.15) is 11.8 Å². The Bertz CT molecular complexity index is 350. The first-order chi connectivity index (χ1) is 8.99. The number of nitrogens with two attached hydrogens (primary N) is 1. The zero-order chi connectivity index (χ0) is 14.3. The van der Waals surface area contributed by atoms with Crippen LogP contribution in [0, 0.1) is 0 Å². The second kappa shape index (κ2) is 8.00. The van der Waals surface area contributed by atoms with Crippen LogP contribution in [0.4, 0.5) is 0 Å². The molecule has 108 valence electrons. The molecule has 0 aromatic heterocycles. The molecule has 2 atom stereocenters. The summed E-state index contributed by atoms with van der Waals surface area (Å²) in [6.07, 6.45) is 0.418. The Labute approximate surface area is 115 Å². The third-order valence-electron chi connectivity index (χ3n) is 2.63. The Morgan fingerprint density at radius 1 is 1.37 bits per heavy atom. The summed E-state index contributed by atoms with van der Waals surface area (Å²) < 4.78 is 5.25. The number of amides is 2. The van der Waals surface area contributed by atoms with E-state index in [0.717, 1.165) is 0 Å². The average molecular weight is 290 g/mol. The second-order valence-corrected chi connectivity index (χ2v) is 5.34. The topological polar surface area (TPSA) is 119 Å². The molecule has 19 heavy (non-hydrogen) atoms. The molecule has 7 nitrogen and oxygen atoms in total. The highest BCUT2D eigenvalue weighted by molar-refractivity contribution is 7.99. The van der Waals surface area contributed by atoms with E-state index in [2.05, 4.69) is 5.32 Å². The molecule has 2 unspecified atom stereocenters. The lowest BCUT2D eigenvalue weighted by Crippen LogP contribution is -2.33. The summed E-state index contributed by atoms with van der Waals surface area (Å²) in [5.41, 5.74) is 4.96. The SMILES string of the molecule is NC(=O)CSCCC(=O)NCC1CCC(C(=O)O)O1. The van der Waals surface area contributed by atoms with Crippen LogP contribution in [0.15, 0.2) is 0 Å². The number of carbonyl (C=O) groups is 3. The minimum atomic E-state index is -0.961. The largest absolute Gasteiger partial charge is 0.479 e. The van der Waals surface area contributed by atoms with Crippen LogP contribution in [0.3, 0.4) is 0 Å². The number of carboxylic acid groups (broad SMARTS) is 1. The second-order valence-electron chi connectivity index (χ2n) is 4.24. The molecule has 4 N–H and O–H groups in total. The van der Waals surface area contributed by atoms with Gasteiger partial charge in [-0.3, -0.25) is 9.59 Å². The van der Waals surface area contributed by atoms with E-state index >= 15 is 0 Å². The molecule has 0 bridgehead atoms. The predicted molar refractivity (Wildman–Crippen MR) is 69.7 cm³/mol. The van der Waals surface area contributed by atoms with Crippen molar-refractivity contribution in [3.05, 3.63) is 0 Å². The highest BCUT2D eigenvalue weighted by atomic mass is 32.2. The summed E-state index contributed by atoms with van der Waals surface area (Å²) in [5.74, 6) is -0.766. The molecule has 1 saturated heterocycles. The van der Waals surface area contributed by atoms with Crippen molar-refractivity contribution in [2.24, 2.45) is 5.73 Å². The average Bonchev–Trinajstić information content (AvgIpc) is 2.81. The molecule has 0 aromatic rings. The van der Waals surface area contributed by atoms with E-state index in [1.165, 1.54) is 11.8 Å². The molecule has 0 aliphatic carbocycles. The maximum atomic E-state index is 11.4. The Kier molecular flexibility index (Phi) is 6.65. The van der Waals surface area contributed by atoms with Crippen molar-refractivity contribution in [1.29, 1.82) is 0 Å². The molecule has 0 saturated carbocycles. The Hall–Kier alpha value is -1.28. The van der Waals surface area contributed by atoms with Crippen LogP contribution < -0.4 is 11.1 Å². The van der Waals surface area contributed by atoms with Crippen LogP contribution in [0.1, 0.15) is 19.3 Å². The van der Waals surface area contributed by atoms with Crippen LogP contribution in [0.2, 0.25) is 0 Å². The van der Waals surface area contributed by atoms with Gasteiger partial charge in [-0.1, -0.05) is 0 Å². The van der Waals surface area contributed by atoms with Crippen LogP contribution in [-0.2, 0) is 19.1 Å². The van der Waals surface area contributed by atoms with Gasteiger partial charge < -0.3 is 20.9 Å². The van der Waals surface area contributed by atoms with Gasteiger partial charge in [-0.15, -0.1) is 0 Å². The number of nitrogens with one attached hydrogen (secondary N) is 1. The van der Waals surface area contributed by atoms with Gasteiger partial charge in [0.1, 0.15) is 0 Å². The summed E-state index contributed by atoms with van der Waals surface area (Å²) in [6, 6.07) is 0. The molecule has 1 heterocycles. The predicted octanol–water partition coefficient (Wildman–Crippen LogP) is -0.657. The summed E-state index contributed by atoms with van der Waals surface area (Å²) in [7, 11) is 0. The van der Waals surface area contributed by atoms with Crippen LogP contribution in [0.5, 0.6) is 0 Å². The Morgan fingerprint density at radius 3 is 2.68 bits per heavy atom. The van der Waals surface area contributed by atoms with E-state index in [-0.39, 0.29) is 17.8 Å². The van der Waals surface area contributed by atoms with Crippen LogP contribution in [-0.4, -0.2) is 53.1 Å². The van der Waals surface area contributed by atoms with Crippen molar-refractivity contribution in [2.75, 3.05) is 18.1 Å². The number of aliphatic carboxylic acids is 1. The molecule has 0 spiro atoms. The number of primary amides is 1.